The summed E-state index contributed by atoms with van der Waals surface area (Å²) in [5, 5.41) is 10.6. The maximum Gasteiger partial charge on any atom is 0.344 e. The third-order valence-electron chi connectivity index (χ3n) is 4.65. The zero-order valence-electron chi connectivity index (χ0n) is 14.4. The fraction of sp³-hybridized carbons (Fsp3) is 0.611. The van der Waals surface area contributed by atoms with Crippen LogP contribution < -0.4 is 4.74 Å². The van der Waals surface area contributed by atoms with Gasteiger partial charge in [-0.1, -0.05) is 27.2 Å². The second kappa shape index (κ2) is 8.13. The lowest BCUT2D eigenvalue weighted by Crippen LogP contribution is -2.36. The monoisotopic (exact) mass is 335 g/mol. The van der Waals surface area contributed by atoms with Crippen LogP contribution in [0.4, 0.5) is 5.69 Å². The predicted octanol–water partition coefficient (Wildman–Crippen LogP) is 3.98. The molecule has 0 saturated heterocycles. The van der Waals surface area contributed by atoms with Gasteiger partial charge in [0.2, 0.25) is 0 Å². The highest BCUT2D eigenvalue weighted by atomic mass is 16.6. The van der Waals surface area contributed by atoms with Crippen LogP contribution in [0.25, 0.3) is 0 Å². The van der Waals surface area contributed by atoms with Crippen LogP contribution in [-0.2, 0) is 9.53 Å². The molecule has 0 unspecified atom stereocenters. The SMILES string of the molecule is CC(C)[C@H]1CC[C@@H](C)C[C@H]1OC(=O)COc1ccc([N+](=O)[O-])cc1. The zero-order valence-corrected chi connectivity index (χ0v) is 14.4. The highest BCUT2D eigenvalue weighted by Gasteiger charge is 2.33. The number of esters is 1. The number of nitro groups is 1. The molecular formula is C18H25NO5. The van der Waals surface area contributed by atoms with E-state index >= 15 is 0 Å². The molecule has 0 aliphatic heterocycles. The van der Waals surface area contributed by atoms with E-state index in [2.05, 4.69) is 20.8 Å². The van der Waals surface area contributed by atoms with Crippen molar-refractivity contribution in [2.24, 2.45) is 17.8 Å². The molecule has 6 heteroatoms. The summed E-state index contributed by atoms with van der Waals surface area (Å²) in [6.07, 6.45) is 3.10. The number of carbonyl (C=O) groups excluding carboxylic acids is 1. The Morgan fingerprint density at radius 3 is 2.54 bits per heavy atom. The number of hydrogen-bond acceptors (Lipinski definition) is 5. The maximum absolute atomic E-state index is 12.1. The van der Waals surface area contributed by atoms with E-state index < -0.39 is 10.9 Å². The molecule has 1 aromatic carbocycles. The Balaban J connectivity index is 1.86. The summed E-state index contributed by atoms with van der Waals surface area (Å²) in [7, 11) is 0. The average molecular weight is 335 g/mol. The van der Waals surface area contributed by atoms with Gasteiger partial charge in [0.15, 0.2) is 6.61 Å². The molecule has 6 nitrogen and oxygen atoms in total. The van der Waals surface area contributed by atoms with Crippen molar-refractivity contribution in [1.29, 1.82) is 0 Å². The van der Waals surface area contributed by atoms with Gasteiger partial charge in [-0.2, -0.15) is 0 Å². The summed E-state index contributed by atoms with van der Waals surface area (Å²) in [6.45, 7) is 6.32. The van der Waals surface area contributed by atoms with Gasteiger partial charge in [-0.3, -0.25) is 10.1 Å². The third-order valence-corrected chi connectivity index (χ3v) is 4.65. The number of nitrogens with zero attached hydrogens (tertiary/aromatic N) is 1. The first-order chi connectivity index (χ1) is 11.4. The fourth-order valence-corrected chi connectivity index (χ4v) is 3.26. The Labute approximate surface area is 142 Å². The molecule has 132 valence electrons. The van der Waals surface area contributed by atoms with Gasteiger partial charge >= 0.3 is 5.97 Å². The topological polar surface area (TPSA) is 78.7 Å². The van der Waals surface area contributed by atoms with Gasteiger partial charge in [-0.15, -0.1) is 0 Å². The fourth-order valence-electron chi connectivity index (χ4n) is 3.26. The first-order valence-corrected chi connectivity index (χ1v) is 8.43. The van der Waals surface area contributed by atoms with Crippen LogP contribution in [0.1, 0.15) is 40.0 Å². The van der Waals surface area contributed by atoms with Crippen LogP contribution in [0.2, 0.25) is 0 Å². The normalized spacial score (nSPS) is 23.8. The number of hydrogen-bond donors (Lipinski definition) is 0. The number of rotatable bonds is 6. The Kier molecular flexibility index (Phi) is 6.17. The van der Waals surface area contributed by atoms with Crippen molar-refractivity contribution in [2.75, 3.05) is 6.61 Å². The molecule has 1 aliphatic rings. The zero-order chi connectivity index (χ0) is 17.7. The van der Waals surface area contributed by atoms with E-state index in [0.717, 1.165) is 12.8 Å². The molecule has 0 spiro atoms. The second-order valence-corrected chi connectivity index (χ2v) is 6.89. The summed E-state index contributed by atoms with van der Waals surface area (Å²) >= 11 is 0. The highest BCUT2D eigenvalue weighted by molar-refractivity contribution is 5.71. The third kappa shape index (κ3) is 4.94. The van der Waals surface area contributed by atoms with Crippen LogP contribution in [0.15, 0.2) is 24.3 Å². The molecule has 1 saturated carbocycles. The Morgan fingerprint density at radius 2 is 1.96 bits per heavy atom. The molecule has 0 bridgehead atoms. The molecule has 0 aromatic heterocycles. The number of nitro benzene ring substituents is 1. The summed E-state index contributed by atoms with van der Waals surface area (Å²) < 4.78 is 11.0. The molecular weight excluding hydrogens is 310 g/mol. The van der Waals surface area contributed by atoms with Crippen molar-refractivity contribution in [3.05, 3.63) is 34.4 Å². The molecule has 1 fully saturated rings. The molecule has 3 atom stereocenters. The van der Waals surface area contributed by atoms with Crippen LogP contribution in [0, 0.1) is 27.9 Å². The van der Waals surface area contributed by atoms with Crippen molar-refractivity contribution in [2.45, 2.75) is 46.1 Å². The van der Waals surface area contributed by atoms with Crippen LogP contribution in [0.3, 0.4) is 0 Å². The van der Waals surface area contributed by atoms with Gasteiger partial charge in [-0.25, -0.2) is 4.79 Å². The molecule has 2 rings (SSSR count). The number of ether oxygens (including phenoxy) is 2. The molecule has 1 aliphatic carbocycles. The van der Waals surface area contributed by atoms with E-state index in [4.69, 9.17) is 9.47 Å². The first-order valence-electron chi connectivity index (χ1n) is 8.43. The molecule has 0 amide bonds. The molecule has 1 aromatic rings. The first kappa shape index (κ1) is 18.2. The lowest BCUT2D eigenvalue weighted by atomic mass is 9.75. The summed E-state index contributed by atoms with van der Waals surface area (Å²) in [4.78, 5) is 22.2. The van der Waals surface area contributed by atoms with E-state index in [-0.39, 0.29) is 18.4 Å². The Hall–Kier alpha value is -2.11. The van der Waals surface area contributed by atoms with Crippen molar-refractivity contribution in [3.8, 4) is 5.75 Å². The van der Waals surface area contributed by atoms with E-state index in [9.17, 15) is 14.9 Å². The number of non-ortho nitro benzene ring substituents is 1. The van der Waals surface area contributed by atoms with Crippen molar-refractivity contribution in [3.63, 3.8) is 0 Å². The van der Waals surface area contributed by atoms with Gasteiger partial charge in [0.25, 0.3) is 5.69 Å². The molecule has 24 heavy (non-hydrogen) atoms. The van der Waals surface area contributed by atoms with Gasteiger partial charge in [0, 0.05) is 12.1 Å². The second-order valence-electron chi connectivity index (χ2n) is 6.89. The Bertz CT molecular complexity index is 569. The summed E-state index contributed by atoms with van der Waals surface area (Å²) in [5.41, 5.74) is -0.0131. The minimum atomic E-state index is -0.478. The standard InChI is InChI=1S/C18H25NO5/c1-12(2)16-9-4-13(3)10-17(16)24-18(20)11-23-15-7-5-14(6-8-15)19(21)22/h5-8,12-13,16-17H,4,9-11H2,1-3H3/t13-,16-,17-/m1/s1. The number of benzene rings is 1. The van der Waals surface area contributed by atoms with E-state index in [1.807, 2.05) is 0 Å². The van der Waals surface area contributed by atoms with E-state index in [1.165, 1.54) is 30.7 Å². The minimum Gasteiger partial charge on any atom is -0.482 e. The van der Waals surface area contributed by atoms with E-state index in [0.29, 0.717) is 23.5 Å². The van der Waals surface area contributed by atoms with Gasteiger partial charge in [-0.05, 0) is 42.7 Å². The van der Waals surface area contributed by atoms with Gasteiger partial charge in [0.05, 0.1) is 4.92 Å². The smallest absolute Gasteiger partial charge is 0.344 e. The van der Waals surface area contributed by atoms with Crippen molar-refractivity contribution < 1.29 is 19.2 Å². The van der Waals surface area contributed by atoms with Crippen molar-refractivity contribution >= 4 is 11.7 Å². The lowest BCUT2D eigenvalue weighted by Gasteiger charge is -2.36. The van der Waals surface area contributed by atoms with Gasteiger partial charge < -0.3 is 9.47 Å². The Morgan fingerprint density at radius 1 is 1.29 bits per heavy atom. The lowest BCUT2D eigenvalue weighted by molar-refractivity contribution is -0.384. The summed E-state index contributed by atoms with van der Waals surface area (Å²) in [5.74, 6) is 1.46. The van der Waals surface area contributed by atoms with Crippen molar-refractivity contribution in [1.82, 2.24) is 0 Å². The highest BCUT2D eigenvalue weighted by Crippen LogP contribution is 2.35. The molecule has 0 heterocycles. The predicted molar refractivity (Wildman–Crippen MR) is 89.8 cm³/mol. The number of carbonyl (C=O) groups is 1. The quantitative estimate of drug-likeness (QED) is 0.446. The maximum atomic E-state index is 12.1. The van der Waals surface area contributed by atoms with Crippen LogP contribution in [0.5, 0.6) is 5.75 Å². The average Bonchev–Trinajstić information content (AvgIpc) is 2.53. The van der Waals surface area contributed by atoms with E-state index in [1.54, 1.807) is 0 Å². The summed E-state index contributed by atoms with van der Waals surface area (Å²) in [6, 6.07) is 5.65. The largest absolute Gasteiger partial charge is 0.482 e. The molecule has 0 radical (unpaired) electrons. The van der Waals surface area contributed by atoms with Crippen LogP contribution >= 0.6 is 0 Å². The minimum absolute atomic E-state index is 0.0131. The van der Waals surface area contributed by atoms with Crippen LogP contribution in [-0.4, -0.2) is 23.6 Å². The molecule has 0 N–H and O–H groups in total. The van der Waals surface area contributed by atoms with Gasteiger partial charge in [0.1, 0.15) is 11.9 Å².